The molecule has 0 saturated carbocycles. The maximum Gasteiger partial charge on any atom is 0.254 e. The normalized spacial score (nSPS) is 17.7. The second-order valence-electron chi connectivity index (χ2n) is 7.86. The lowest BCUT2D eigenvalue weighted by Crippen LogP contribution is -2.40. The third-order valence-corrected chi connectivity index (χ3v) is 7.18. The first-order valence-corrected chi connectivity index (χ1v) is 12.6. The number of benzene rings is 1. The summed E-state index contributed by atoms with van der Waals surface area (Å²) in [5.74, 6) is 1.29. The Kier molecular flexibility index (Phi) is 7.96. The Morgan fingerprint density at radius 2 is 1.90 bits per heavy atom. The van der Waals surface area contributed by atoms with Crippen LogP contribution in [0.2, 0.25) is 0 Å². The Balaban J connectivity index is 1.62. The van der Waals surface area contributed by atoms with Crippen molar-refractivity contribution in [3.63, 3.8) is 0 Å². The van der Waals surface area contributed by atoms with Crippen LogP contribution >= 0.6 is 0 Å². The average molecular weight is 434 g/mol. The number of hydrogen-bond acceptors (Lipinski definition) is 5. The molecule has 164 valence electrons. The van der Waals surface area contributed by atoms with Crippen molar-refractivity contribution in [2.75, 3.05) is 18.1 Å². The van der Waals surface area contributed by atoms with Gasteiger partial charge in [-0.1, -0.05) is 32.6 Å². The van der Waals surface area contributed by atoms with E-state index in [2.05, 4.69) is 6.92 Å². The SMILES string of the molecule is CCCCCCCOc1ccc(C(=O)N(Cc2ccco2)[C@@H]2CCS(=O)(=O)C2)cc1. The fourth-order valence-corrected chi connectivity index (χ4v) is 5.44. The van der Waals surface area contributed by atoms with Gasteiger partial charge in [0.1, 0.15) is 11.5 Å². The number of carbonyl (C=O) groups excluding carboxylic acids is 1. The van der Waals surface area contributed by atoms with Gasteiger partial charge >= 0.3 is 0 Å². The zero-order valence-corrected chi connectivity index (χ0v) is 18.4. The first kappa shape index (κ1) is 22.4. The van der Waals surface area contributed by atoms with Gasteiger partial charge in [-0.15, -0.1) is 0 Å². The number of ether oxygens (including phenoxy) is 1. The number of sulfone groups is 1. The van der Waals surface area contributed by atoms with Gasteiger partial charge in [-0.2, -0.15) is 0 Å². The molecule has 1 amide bonds. The largest absolute Gasteiger partial charge is 0.494 e. The minimum Gasteiger partial charge on any atom is -0.494 e. The summed E-state index contributed by atoms with van der Waals surface area (Å²) in [5, 5.41) is 0. The molecule has 2 aromatic rings. The third-order valence-electron chi connectivity index (χ3n) is 5.43. The van der Waals surface area contributed by atoms with Crippen LogP contribution in [0.15, 0.2) is 47.1 Å². The van der Waals surface area contributed by atoms with E-state index >= 15 is 0 Å². The topological polar surface area (TPSA) is 76.8 Å². The molecule has 0 unspecified atom stereocenters. The summed E-state index contributed by atoms with van der Waals surface area (Å²) in [7, 11) is -3.11. The molecule has 0 N–H and O–H groups in total. The smallest absolute Gasteiger partial charge is 0.254 e. The minimum atomic E-state index is -3.11. The first-order chi connectivity index (χ1) is 14.5. The highest BCUT2D eigenvalue weighted by atomic mass is 32.2. The van der Waals surface area contributed by atoms with Crippen molar-refractivity contribution in [2.45, 2.75) is 58.0 Å². The van der Waals surface area contributed by atoms with Crippen LogP contribution in [0.25, 0.3) is 0 Å². The number of rotatable bonds is 11. The van der Waals surface area contributed by atoms with Crippen molar-refractivity contribution in [1.29, 1.82) is 0 Å². The van der Waals surface area contributed by atoms with E-state index in [0.29, 0.717) is 24.4 Å². The van der Waals surface area contributed by atoms with Crippen LogP contribution in [0, 0.1) is 0 Å². The van der Waals surface area contributed by atoms with Gasteiger partial charge in [-0.3, -0.25) is 4.79 Å². The van der Waals surface area contributed by atoms with E-state index in [1.54, 1.807) is 47.6 Å². The number of unbranched alkanes of at least 4 members (excludes halogenated alkanes) is 4. The van der Waals surface area contributed by atoms with Crippen LogP contribution in [0.3, 0.4) is 0 Å². The maximum absolute atomic E-state index is 13.2. The number of carbonyl (C=O) groups is 1. The van der Waals surface area contributed by atoms with E-state index in [0.717, 1.165) is 18.6 Å². The molecule has 1 aromatic carbocycles. The molecule has 1 fully saturated rings. The molecular formula is C23H31NO5S. The van der Waals surface area contributed by atoms with Gasteiger partial charge < -0.3 is 14.1 Å². The highest BCUT2D eigenvalue weighted by Crippen LogP contribution is 2.23. The van der Waals surface area contributed by atoms with Gasteiger partial charge in [0.2, 0.25) is 0 Å². The Hall–Kier alpha value is -2.28. The Morgan fingerprint density at radius 1 is 1.13 bits per heavy atom. The molecule has 7 heteroatoms. The van der Waals surface area contributed by atoms with E-state index in [4.69, 9.17) is 9.15 Å². The standard InChI is InChI=1S/C23H31NO5S/c1-2-3-4-5-6-14-28-21-11-9-19(10-12-21)23(25)24(17-22-8-7-15-29-22)20-13-16-30(26,27)18-20/h7-12,15,20H,2-6,13-14,16-18H2,1H3/t20-/m1/s1. The van der Waals surface area contributed by atoms with E-state index in [9.17, 15) is 13.2 Å². The molecule has 0 bridgehead atoms. The molecule has 1 atom stereocenters. The van der Waals surface area contributed by atoms with Crippen LogP contribution in [0.1, 0.15) is 61.6 Å². The fraction of sp³-hybridized carbons (Fsp3) is 0.522. The minimum absolute atomic E-state index is 0.00131. The van der Waals surface area contributed by atoms with Gasteiger partial charge in [0, 0.05) is 11.6 Å². The van der Waals surface area contributed by atoms with Crippen molar-refractivity contribution >= 4 is 15.7 Å². The zero-order chi connectivity index (χ0) is 21.4. The Morgan fingerprint density at radius 3 is 2.53 bits per heavy atom. The summed E-state index contributed by atoms with van der Waals surface area (Å²) in [5.41, 5.74) is 0.515. The quantitative estimate of drug-likeness (QED) is 0.489. The maximum atomic E-state index is 13.2. The predicted molar refractivity (Wildman–Crippen MR) is 116 cm³/mol. The molecule has 6 nitrogen and oxygen atoms in total. The lowest BCUT2D eigenvalue weighted by molar-refractivity contribution is 0.0666. The molecule has 0 spiro atoms. The van der Waals surface area contributed by atoms with Crippen molar-refractivity contribution in [3.05, 3.63) is 54.0 Å². The molecule has 2 heterocycles. The first-order valence-electron chi connectivity index (χ1n) is 10.7. The van der Waals surface area contributed by atoms with Crippen LogP contribution in [-0.4, -0.2) is 43.4 Å². The summed E-state index contributed by atoms with van der Waals surface area (Å²) in [6.07, 6.45) is 7.90. The van der Waals surface area contributed by atoms with Gasteiger partial charge in [0.05, 0.1) is 30.9 Å². The third kappa shape index (κ3) is 6.36. The molecule has 0 radical (unpaired) electrons. The number of hydrogen-bond donors (Lipinski definition) is 0. The monoisotopic (exact) mass is 433 g/mol. The lowest BCUT2D eigenvalue weighted by atomic mass is 10.1. The molecule has 0 aliphatic carbocycles. The molecular weight excluding hydrogens is 402 g/mol. The second kappa shape index (κ2) is 10.7. The highest BCUT2D eigenvalue weighted by molar-refractivity contribution is 7.91. The van der Waals surface area contributed by atoms with Crippen LogP contribution in [0.5, 0.6) is 5.75 Å². The highest BCUT2D eigenvalue weighted by Gasteiger charge is 2.35. The van der Waals surface area contributed by atoms with Crippen LogP contribution < -0.4 is 4.74 Å². The Labute approximate surface area is 179 Å². The van der Waals surface area contributed by atoms with Crippen LogP contribution in [-0.2, 0) is 16.4 Å². The van der Waals surface area contributed by atoms with Crippen molar-refractivity contribution < 1.29 is 22.4 Å². The zero-order valence-electron chi connectivity index (χ0n) is 17.6. The predicted octanol–water partition coefficient (Wildman–Crippen LogP) is 4.46. The van der Waals surface area contributed by atoms with E-state index in [-0.39, 0.29) is 30.0 Å². The van der Waals surface area contributed by atoms with E-state index < -0.39 is 9.84 Å². The Bertz CT molecular complexity index is 890. The lowest BCUT2D eigenvalue weighted by Gasteiger charge is -2.27. The fourth-order valence-electron chi connectivity index (χ4n) is 3.71. The van der Waals surface area contributed by atoms with Gasteiger partial charge in [-0.05, 0) is 49.2 Å². The number of amides is 1. The number of furan rings is 1. The molecule has 1 aromatic heterocycles. The summed E-state index contributed by atoms with van der Waals surface area (Å²) >= 11 is 0. The van der Waals surface area contributed by atoms with Gasteiger partial charge in [-0.25, -0.2) is 8.42 Å². The summed E-state index contributed by atoms with van der Waals surface area (Å²) in [4.78, 5) is 14.8. The van der Waals surface area contributed by atoms with Gasteiger partial charge in [0.25, 0.3) is 5.91 Å². The summed E-state index contributed by atoms with van der Waals surface area (Å²) < 4.78 is 35.1. The summed E-state index contributed by atoms with van der Waals surface area (Å²) in [6.45, 7) is 3.12. The molecule has 1 aliphatic rings. The molecule has 3 rings (SSSR count). The molecule has 1 saturated heterocycles. The van der Waals surface area contributed by atoms with Gasteiger partial charge in [0.15, 0.2) is 9.84 Å². The van der Waals surface area contributed by atoms with E-state index in [1.165, 1.54) is 19.3 Å². The number of nitrogens with zero attached hydrogens (tertiary/aromatic N) is 1. The van der Waals surface area contributed by atoms with Crippen molar-refractivity contribution in [3.8, 4) is 5.75 Å². The molecule has 30 heavy (non-hydrogen) atoms. The van der Waals surface area contributed by atoms with Crippen molar-refractivity contribution in [1.82, 2.24) is 4.90 Å². The second-order valence-corrected chi connectivity index (χ2v) is 10.1. The molecule has 1 aliphatic heterocycles. The van der Waals surface area contributed by atoms with E-state index in [1.807, 2.05) is 0 Å². The van der Waals surface area contributed by atoms with Crippen LogP contribution in [0.4, 0.5) is 0 Å². The summed E-state index contributed by atoms with van der Waals surface area (Å²) in [6, 6.07) is 10.3. The average Bonchev–Trinajstić information content (AvgIpc) is 3.38. The van der Waals surface area contributed by atoms with Crippen molar-refractivity contribution in [2.24, 2.45) is 0 Å².